The van der Waals surface area contributed by atoms with Crippen LogP contribution in [0.4, 0.5) is 0 Å². The molecule has 0 aromatic carbocycles. The molecule has 0 aromatic rings. The molecule has 0 aromatic heterocycles. The Morgan fingerprint density at radius 2 is 1.45 bits per heavy atom. The maximum Gasteiger partial charge on any atom is 0.243 e. The molecule has 0 aliphatic carbocycles. The van der Waals surface area contributed by atoms with Crippen molar-refractivity contribution in [3.63, 3.8) is 0 Å². The van der Waals surface area contributed by atoms with Crippen molar-refractivity contribution in [3.8, 4) is 0 Å². The summed E-state index contributed by atoms with van der Waals surface area (Å²) < 4.78 is -0.739. The van der Waals surface area contributed by atoms with E-state index >= 15 is 0 Å². The molecule has 2 amide bonds. The van der Waals surface area contributed by atoms with Gasteiger partial charge >= 0.3 is 0 Å². The third kappa shape index (κ3) is 6.29. The summed E-state index contributed by atoms with van der Waals surface area (Å²) in [5.74, 6) is -0.390. The second-order valence-corrected chi connectivity index (χ2v) is 6.87. The van der Waals surface area contributed by atoms with Gasteiger partial charge in [0.2, 0.25) is 11.8 Å². The van der Waals surface area contributed by atoms with Crippen molar-refractivity contribution in [2.45, 2.75) is 88.7 Å². The number of hydrogen-bond donors (Lipinski definition) is 2. The molecule has 0 bridgehead atoms. The normalized spacial score (nSPS) is 22.3. The van der Waals surface area contributed by atoms with Crippen LogP contribution in [-0.2, 0) is 9.59 Å². The van der Waals surface area contributed by atoms with Crippen LogP contribution < -0.4 is 5.32 Å². The van der Waals surface area contributed by atoms with E-state index in [4.69, 9.17) is 0 Å². The smallest absolute Gasteiger partial charge is 0.243 e. The molecule has 3 nitrogen and oxygen atoms in total. The Bertz CT molecular complexity index is 320. The van der Waals surface area contributed by atoms with E-state index in [0.29, 0.717) is 6.42 Å². The van der Waals surface area contributed by atoms with Crippen molar-refractivity contribution >= 4 is 24.4 Å². The lowest BCUT2D eigenvalue weighted by Crippen LogP contribution is -2.32. The number of thiol groups is 1. The summed E-state index contributed by atoms with van der Waals surface area (Å²) in [7, 11) is 0. The Hall–Kier alpha value is -0.510. The Kier molecular flexibility index (Phi) is 8.27. The Morgan fingerprint density at radius 1 is 0.950 bits per heavy atom. The van der Waals surface area contributed by atoms with Crippen molar-refractivity contribution in [2.75, 3.05) is 0 Å². The van der Waals surface area contributed by atoms with Gasteiger partial charge in [-0.2, -0.15) is 12.6 Å². The molecule has 1 saturated heterocycles. The molecule has 0 saturated carbocycles. The fourth-order valence-electron chi connectivity index (χ4n) is 2.74. The van der Waals surface area contributed by atoms with E-state index in [9.17, 15) is 9.59 Å². The van der Waals surface area contributed by atoms with Gasteiger partial charge in [0.15, 0.2) is 0 Å². The molecule has 1 N–H and O–H groups in total. The summed E-state index contributed by atoms with van der Waals surface area (Å²) in [6, 6.07) is 0. The highest BCUT2D eigenvalue weighted by Crippen LogP contribution is 2.30. The summed E-state index contributed by atoms with van der Waals surface area (Å²) in [5, 5.41) is 2.34. The first-order chi connectivity index (χ1) is 9.58. The predicted octanol–water partition coefficient (Wildman–Crippen LogP) is 4.01. The molecule has 1 unspecified atom stereocenters. The van der Waals surface area contributed by atoms with Gasteiger partial charge in [0.05, 0.1) is 6.42 Å². The molecule has 0 spiro atoms. The van der Waals surface area contributed by atoms with Crippen molar-refractivity contribution in [1.82, 2.24) is 5.32 Å². The Labute approximate surface area is 128 Å². The number of carbonyl (C=O) groups excluding carboxylic acids is 2. The van der Waals surface area contributed by atoms with Gasteiger partial charge in [-0.15, -0.1) is 0 Å². The minimum absolute atomic E-state index is 0.183. The number of imide groups is 1. The van der Waals surface area contributed by atoms with Gasteiger partial charge in [-0.3, -0.25) is 14.9 Å². The van der Waals surface area contributed by atoms with Crippen molar-refractivity contribution in [2.24, 2.45) is 0 Å². The first-order valence-electron chi connectivity index (χ1n) is 8.15. The predicted molar refractivity (Wildman–Crippen MR) is 85.9 cm³/mol. The first-order valence-corrected chi connectivity index (χ1v) is 8.60. The second kappa shape index (κ2) is 9.43. The van der Waals surface area contributed by atoms with Crippen LogP contribution in [-0.4, -0.2) is 16.6 Å². The summed E-state index contributed by atoms with van der Waals surface area (Å²) >= 11 is 4.39. The zero-order valence-electron chi connectivity index (χ0n) is 12.7. The average molecular weight is 299 g/mol. The van der Waals surface area contributed by atoms with E-state index in [0.717, 1.165) is 12.8 Å². The minimum atomic E-state index is -0.739. The number of hydrogen-bond acceptors (Lipinski definition) is 3. The summed E-state index contributed by atoms with van der Waals surface area (Å²) in [4.78, 5) is 22.8. The number of rotatable bonds is 11. The molecule has 1 fully saturated rings. The van der Waals surface area contributed by atoms with E-state index in [2.05, 4.69) is 24.9 Å². The summed E-state index contributed by atoms with van der Waals surface area (Å²) in [5.41, 5.74) is 0. The van der Waals surface area contributed by atoms with E-state index in [-0.39, 0.29) is 18.2 Å². The fraction of sp³-hybridized carbons (Fsp3) is 0.875. The topological polar surface area (TPSA) is 46.2 Å². The van der Waals surface area contributed by atoms with Gasteiger partial charge in [-0.25, -0.2) is 0 Å². The van der Waals surface area contributed by atoms with Gasteiger partial charge in [0, 0.05) is 0 Å². The van der Waals surface area contributed by atoms with Crippen LogP contribution in [0.5, 0.6) is 0 Å². The van der Waals surface area contributed by atoms with Crippen molar-refractivity contribution in [1.29, 1.82) is 0 Å². The summed E-state index contributed by atoms with van der Waals surface area (Å²) in [6.07, 6.45) is 13.7. The van der Waals surface area contributed by atoms with E-state index in [1.54, 1.807) is 0 Å². The van der Waals surface area contributed by atoms with Gasteiger partial charge in [-0.05, 0) is 6.42 Å². The molecule has 4 heteroatoms. The fourth-order valence-corrected chi connectivity index (χ4v) is 3.10. The monoisotopic (exact) mass is 299 g/mol. The van der Waals surface area contributed by atoms with Gasteiger partial charge in [0.25, 0.3) is 0 Å². The highest BCUT2D eigenvalue weighted by Gasteiger charge is 2.42. The van der Waals surface area contributed by atoms with Crippen LogP contribution in [0.1, 0.15) is 84.0 Å². The van der Waals surface area contributed by atoms with Crippen LogP contribution in [0.2, 0.25) is 0 Å². The molecule has 116 valence electrons. The van der Waals surface area contributed by atoms with Crippen molar-refractivity contribution in [3.05, 3.63) is 0 Å². The maximum absolute atomic E-state index is 11.6. The zero-order valence-corrected chi connectivity index (χ0v) is 13.6. The molecular weight excluding hydrogens is 270 g/mol. The van der Waals surface area contributed by atoms with Crippen LogP contribution in [0.3, 0.4) is 0 Å². The Balaban J connectivity index is 1.95. The molecular formula is C16H29NO2S. The van der Waals surface area contributed by atoms with Crippen LogP contribution in [0, 0.1) is 0 Å². The number of carbonyl (C=O) groups is 2. The van der Waals surface area contributed by atoms with Gasteiger partial charge < -0.3 is 0 Å². The van der Waals surface area contributed by atoms with Gasteiger partial charge in [-0.1, -0.05) is 71.1 Å². The Morgan fingerprint density at radius 3 is 1.90 bits per heavy atom. The highest BCUT2D eigenvalue weighted by atomic mass is 32.1. The molecule has 1 aliphatic rings. The minimum Gasteiger partial charge on any atom is -0.295 e. The zero-order chi connectivity index (χ0) is 14.8. The highest BCUT2D eigenvalue weighted by molar-refractivity contribution is 7.82. The lowest BCUT2D eigenvalue weighted by molar-refractivity contribution is -0.125. The molecule has 1 atom stereocenters. The van der Waals surface area contributed by atoms with E-state index in [1.807, 2.05) is 0 Å². The quantitative estimate of drug-likeness (QED) is 0.344. The third-order valence-corrected chi connectivity index (χ3v) is 4.66. The van der Waals surface area contributed by atoms with Crippen molar-refractivity contribution < 1.29 is 9.59 Å². The molecule has 0 radical (unpaired) electrons. The number of amides is 2. The average Bonchev–Trinajstić information content (AvgIpc) is 2.65. The third-order valence-electron chi connectivity index (χ3n) is 4.07. The van der Waals surface area contributed by atoms with Gasteiger partial charge in [0.1, 0.15) is 4.75 Å². The molecule has 1 heterocycles. The molecule has 20 heavy (non-hydrogen) atoms. The van der Waals surface area contributed by atoms with Crippen LogP contribution >= 0.6 is 12.6 Å². The number of nitrogens with one attached hydrogen (secondary N) is 1. The number of unbranched alkanes of at least 4 members (excludes halogenated alkanes) is 9. The van der Waals surface area contributed by atoms with E-state index < -0.39 is 4.75 Å². The van der Waals surface area contributed by atoms with Crippen LogP contribution in [0.25, 0.3) is 0 Å². The maximum atomic E-state index is 11.6. The lowest BCUT2D eigenvalue weighted by atomic mass is 9.97. The molecule has 1 aliphatic heterocycles. The van der Waals surface area contributed by atoms with E-state index in [1.165, 1.54) is 51.4 Å². The standard InChI is InChI=1S/C16H29NO2S/c1-2-3-4-5-6-7-8-9-10-11-12-16(20)13-14(18)17-15(16)19/h20H,2-13H2,1H3,(H,17,18,19). The second-order valence-electron chi connectivity index (χ2n) is 6.02. The summed E-state index contributed by atoms with van der Waals surface area (Å²) in [6.45, 7) is 2.24. The SMILES string of the molecule is CCCCCCCCCCCCC1(S)CC(=O)NC1=O. The largest absolute Gasteiger partial charge is 0.295 e. The lowest BCUT2D eigenvalue weighted by Gasteiger charge is -2.17. The first kappa shape index (κ1) is 17.5. The molecule has 1 rings (SSSR count). The van der Waals surface area contributed by atoms with Crippen LogP contribution in [0.15, 0.2) is 0 Å².